The van der Waals surface area contributed by atoms with E-state index in [1.54, 1.807) is 12.1 Å². The summed E-state index contributed by atoms with van der Waals surface area (Å²) in [5, 5.41) is 12.6. The lowest BCUT2D eigenvalue weighted by Gasteiger charge is -2.33. The molecule has 0 aromatic heterocycles. The van der Waals surface area contributed by atoms with Crippen molar-refractivity contribution in [1.82, 2.24) is 0 Å². The van der Waals surface area contributed by atoms with E-state index in [1.165, 1.54) is 6.42 Å². The topological polar surface area (TPSA) is 49.3 Å². The maximum absolute atomic E-state index is 11.1. The van der Waals surface area contributed by atoms with Gasteiger partial charge in [-0.15, -0.1) is 0 Å². The second kappa shape index (κ2) is 5.42. The van der Waals surface area contributed by atoms with Crippen LogP contribution in [0.15, 0.2) is 24.3 Å². The Morgan fingerprint density at radius 3 is 2.61 bits per heavy atom. The average molecular weight is 247 g/mol. The van der Waals surface area contributed by atoms with E-state index in [4.69, 9.17) is 5.11 Å². The predicted molar refractivity (Wildman–Crippen MR) is 73.0 cm³/mol. The Bertz CT molecular complexity index is 430. The summed E-state index contributed by atoms with van der Waals surface area (Å²) in [6.45, 7) is 4.58. The lowest BCUT2D eigenvalue weighted by molar-refractivity contribution is 0.0698. The van der Waals surface area contributed by atoms with Gasteiger partial charge < -0.3 is 10.4 Å². The molecule has 1 aromatic carbocycles. The van der Waals surface area contributed by atoms with Crippen LogP contribution in [0.2, 0.25) is 0 Å². The van der Waals surface area contributed by atoms with E-state index in [9.17, 15) is 4.79 Å². The minimum atomic E-state index is -0.865. The maximum atomic E-state index is 11.1. The lowest BCUT2D eigenvalue weighted by atomic mass is 9.79. The molecule has 1 saturated carbocycles. The van der Waals surface area contributed by atoms with E-state index in [0.717, 1.165) is 24.4 Å². The Morgan fingerprint density at radius 2 is 1.94 bits per heavy atom. The molecule has 0 radical (unpaired) electrons. The van der Waals surface area contributed by atoms with Gasteiger partial charge in [-0.25, -0.2) is 4.79 Å². The molecule has 0 saturated heterocycles. The second-order valence-corrected chi connectivity index (χ2v) is 5.46. The van der Waals surface area contributed by atoms with Gasteiger partial charge in [0.05, 0.1) is 5.56 Å². The standard InChI is InChI=1S/C15H21NO2/c1-10-7-8-12(9-11(10)2)16-14-6-4-3-5-13(14)15(17)18/h3-6,10-12,16H,7-9H2,1-2H3,(H,17,18). The number of benzene rings is 1. The van der Waals surface area contributed by atoms with Gasteiger partial charge in [0.1, 0.15) is 0 Å². The van der Waals surface area contributed by atoms with E-state index < -0.39 is 5.97 Å². The van der Waals surface area contributed by atoms with Crippen molar-refractivity contribution in [3.05, 3.63) is 29.8 Å². The number of rotatable bonds is 3. The van der Waals surface area contributed by atoms with Gasteiger partial charge in [-0.05, 0) is 43.2 Å². The fourth-order valence-corrected chi connectivity index (χ4v) is 2.69. The molecule has 0 aliphatic heterocycles. The SMILES string of the molecule is CC1CCC(Nc2ccccc2C(=O)O)CC1C. The molecule has 0 amide bonds. The number of hydrogen-bond acceptors (Lipinski definition) is 2. The predicted octanol–water partition coefficient (Wildman–Crippen LogP) is 3.62. The van der Waals surface area contributed by atoms with Crippen molar-refractivity contribution >= 4 is 11.7 Å². The van der Waals surface area contributed by atoms with Crippen LogP contribution < -0.4 is 5.32 Å². The van der Waals surface area contributed by atoms with Crippen LogP contribution in [0.5, 0.6) is 0 Å². The van der Waals surface area contributed by atoms with Crippen LogP contribution in [-0.2, 0) is 0 Å². The van der Waals surface area contributed by atoms with Crippen LogP contribution in [0.3, 0.4) is 0 Å². The van der Waals surface area contributed by atoms with Gasteiger partial charge in [0.25, 0.3) is 0 Å². The average Bonchev–Trinajstić information content (AvgIpc) is 2.34. The molecule has 3 nitrogen and oxygen atoms in total. The Labute approximate surface area is 108 Å². The molecule has 0 heterocycles. The minimum absolute atomic E-state index is 0.365. The molecule has 1 aliphatic rings. The summed E-state index contributed by atoms with van der Waals surface area (Å²) < 4.78 is 0. The Balaban J connectivity index is 2.08. The highest BCUT2D eigenvalue weighted by Gasteiger charge is 2.25. The van der Waals surface area contributed by atoms with E-state index in [0.29, 0.717) is 17.5 Å². The summed E-state index contributed by atoms with van der Waals surface area (Å²) in [7, 11) is 0. The highest BCUT2D eigenvalue weighted by atomic mass is 16.4. The number of carboxylic acids is 1. The summed E-state index contributed by atoms with van der Waals surface area (Å²) in [6.07, 6.45) is 3.46. The van der Waals surface area contributed by atoms with Crippen molar-refractivity contribution in [3.63, 3.8) is 0 Å². The van der Waals surface area contributed by atoms with E-state index in [1.807, 2.05) is 12.1 Å². The van der Waals surface area contributed by atoms with Gasteiger partial charge in [-0.1, -0.05) is 26.0 Å². The highest BCUT2D eigenvalue weighted by molar-refractivity contribution is 5.94. The molecule has 3 atom stereocenters. The molecule has 1 aliphatic carbocycles. The third-order valence-electron chi connectivity index (χ3n) is 4.12. The molecule has 1 fully saturated rings. The second-order valence-electron chi connectivity index (χ2n) is 5.46. The summed E-state index contributed by atoms with van der Waals surface area (Å²) in [5.41, 5.74) is 1.11. The normalized spacial score (nSPS) is 27.8. The van der Waals surface area contributed by atoms with Gasteiger partial charge in [0, 0.05) is 11.7 Å². The van der Waals surface area contributed by atoms with Gasteiger partial charge in [0.2, 0.25) is 0 Å². The zero-order valence-corrected chi connectivity index (χ0v) is 11.0. The Kier molecular flexibility index (Phi) is 3.90. The van der Waals surface area contributed by atoms with Crippen LogP contribution >= 0.6 is 0 Å². The number of aromatic carboxylic acids is 1. The molecule has 2 N–H and O–H groups in total. The largest absolute Gasteiger partial charge is 0.478 e. The first-order valence-corrected chi connectivity index (χ1v) is 6.66. The van der Waals surface area contributed by atoms with Crippen molar-refractivity contribution in [2.45, 2.75) is 39.2 Å². The third-order valence-corrected chi connectivity index (χ3v) is 4.12. The van der Waals surface area contributed by atoms with Gasteiger partial charge in [-0.2, -0.15) is 0 Å². The minimum Gasteiger partial charge on any atom is -0.478 e. The van der Waals surface area contributed by atoms with Gasteiger partial charge >= 0.3 is 5.97 Å². The summed E-state index contributed by atoms with van der Waals surface area (Å²) >= 11 is 0. The zero-order valence-electron chi connectivity index (χ0n) is 11.0. The van der Waals surface area contributed by atoms with Gasteiger partial charge in [0.15, 0.2) is 0 Å². The zero-order chi connectivity index (χ0) is 13.1. The van der Waals surface area contributed by atoms with Crippen molar-refractivity contribution in [2.75, 3.05) is 5.32 Å². The van der Waals surface area contributed by atoms with E-state index in [-0.39, 0.29) is 0 Å². The summed E-state index contributed by atoms with van der Waals surface area (Å²) in [6, 6.07) is 7.55. The quantitative estimate of drug-likeness (QED) is 0.857. The smallest absolute Gasteiger partial charge is 0.337 e. The van der Waals surface area contributed by atoms with Crippen molar-refractivity contribution < 1.29 is 9.90 Å². The molecule has 1 aromatic rings. The van der Waals surface area contributed by atoms with Crippen molar-refractivity contribution in [1.29, 1.82) is 0 Å². The lowest BCUT2D eigenvalue weighted by Crippen LogP contribution is -2.30. The molecule has 2 rings (SSSR count). The van der Waals surface area contributed by atoms with Crippen LogP contribution in [-0.4, -0.2) is 17.1 Å². The number of carboxylic acid groups (broad SMARTS) is 1. The first-order chi connectivity index (χ1) is 8.58. The maximum Gasteiger partial charge on any atom is 0.337 e. The molecule has 18 heavy (non-hydrogen) atoms. The molecular weight excluding hydrogens is 226 g/mol. The van der Waals surface area contributed by atoms with Crippen LogP contribution in [0, 0.1) is 11.8 Å². The van der Waals surface area contributed by atoms with Crippen molar-refractivity contribution in [3.8, 4) is 0 Å². The summed E-state index contributed by atoms with van der Waals surface area (Å²) in [4.78, 5) is 11.1. The van der Waals surface area contributed by atoms with Gasteiger partial charge in [-0.3, -0.25) is 0 Å². The highest BCUT2D eigenvalue weighted by Crippen LogP contribution is 2.31. The Morgan fingerprint density at radius 1 is 1.22 bits per heavy atom. The van der Waals surface area contributed by atoms with Crippen LogP contribution in [0.4, 0.5) is 5.69 Å². The fourth-order valence-electron chi connectivity index (χ4n) is 2.69. The molecule has 0 bridgehead atoms. The molecule has 98 valence electrons. The van der Waals surface area contributed by atoms with E-state index >= 15 is 0 Å². The monoisotopic (exact) mass is 247 g/mol. The molecular formula is C15H21NO2. The molecule has 3 unspecified atom stereocenters. The van der Waals surface area contributed by atoms with Crippen LogP contribution in [0.1, 0.15) is 43.5 Å². The molecule has 0 spiro atoms. The number of anilines is 1. The number of nitrogens with one attached hydrogen (secondary N) is 1. The number of carbonyl (C=O) groups is 1. The molecule has 3 heteroatoms. The fraction of sp³-hybridized carbons (Fsp3) is 0.533. The number of hydrogen-bond donors (Lipinski definition) is 2. The first kappa shape index (κ1) is 12.9. The first-order valence-electron chi connectivity index (χ1n) is 6.66. The third kappa shape index (κ3) is 2.84. The number of para-hydroxylation sites is 1. The van der Waals surface area contributed by atoms with E-state index in [2.05, 4.69) is 19.2 Å². The Hall–Kier alpha value is -1.51. The van der Waals surface area contributed by atoms with Crippen LogP contribution in [0.25, 0.3) is 0 Å². The summed E-state index contributed by atoms with van der Waals surface area (Å²) in [5.74, 6) is 0.612. The van der Waals surface area contributed by atoms with Crippen molar-refractivity contribution in [2.24, 2.45) is 11.8 Å².